The van der Waals surface area contributed by atoms with Gasteiger partial charge in [-0.25, -0.2) is 8.42 Å². The molecule has 0 aromatic carbocycles. The van der Waals surface area contributed by atoms with Gasteiger partial charge in [-0.05, 0) is 70.8 Å². The molecule has 26 heavy (non-hydrogen) atoms. The Morgan fingerprint density at radius 2 is 1.96 bits per heavy atom. The highest BCUT2D eigenvalue weighted by atomic mass is 32.2. The summed E-state index contributed by atoms with van der Waals surface area (Å²) in [5.74, 6) is 0.935. The lowest BCUT2D eigenvalue weighted by atomic mass is 9.72. The molecule has 7 heteroatoms. The van der Waals surface area contributed by atoms with Gasteiger partial charge in [0.1, 0.15) is 4.21 Å². The van der Waals surface area contributed by atoms with Gasteiger partial charge in [0.15, 0.2) is 0 Å². The van der Waals surface area contributed by atoms with Crippen LogP contribution in [0.2, 0.25) is 0 Å². The second-order valence-corrected chi connectivity index (χ2v) is 12.0. The summed E-state index contributed by atoms with van der Waals surface area (Å²) in [5, 5.41) is 0. The van der Waals surface area contributed by atoms with Crippen LogP contribution < -0.4 is 0 Å². The summed E-state index contributed by atoms with van der Waals surface area (Å²) in [6, 6.07) is 4.74. The molecule has 146 valence electrons. The van der Waals surface area contributed by atoms with E-state index < -0.39 is 10.0 Å². The largest absolute Gasteiger partial charge is 0.308 e. The van der Waals surface area contributed by atoms with Crippen LogP contribution in [-0.4, -0.2) is 74.9 Å². The van der Waals surface area contributed by atoms with E-state index in [0.717, 1.165) is 11.4 Å². The zero-order chi connectivity index (χ0) is 18.5. The molecule has 3 aliphatic rings. The molecule has 1 aromatic rings. The molecular formula is C19H31N3O2S2. The lowest BCUT2D eigenvalue weighted by Gasteiger charge is -2.56. The van der Waals surface area contributed by atoms with Gasteiger partial charge in [-0.1, -0.05) is 6.42 Å². The number of thiophene rings is 1. The summed E-state index contributed by atoms with van der Waals surface area (Å²) < 4.78 is 28.8. The molecule has 0 saturated carbocycles. The van der Waals surface area contributed by atoms with E-state index in [0.29, 0.717) is 41.2 Å². The Kier molecular flexibility index (Phi) is 5.20. The van der Waals surface area contributed by atoms with Crippen LogP contribution in [0.5, 0.6) is 0 Å². The summed E-state index contributed by atoms with van der Waals surface area (Å²) >= 11 is 1.40. The Morgan fingerprint density at radius 1 is 1.19 bits per heavy atom. The highest BCUT2D eigenvalue weighted by Gasteiger charge is 2.49. The van der Waals surface area contributed by atoms with Crippen LogP contribution in [0.15, 0.2) is 16.3 Å². The maximum atomic E-state index is 13.2. The van der Waals surface area contributed by atoms with Gasteiger partial charge in [-0.2, -0.15) is 4.31 Å². The fourth-order valence-corrected chi connectivity index (χ4v) is 8.36. The van der Waals surface area contributed by atoms with Crippen LogP contribution in [0.4, 0.5) is 0 Å². The first-order valence-electron chi connectivity index (χ1n) is 9.83. The average Bonchev–Trinajstić information content (AvgIpc) is 3.05. The highest BCUT2D eigenvalue weighted by Crippen LogP contribution is 2.42. The number of fused-ring (bicyclic) bond motifs is 4. The third-order valence-electron chi connectivity index (χ3n) is 6.45. The second kappa shape index (κ2) is 7.17. The molecule has 1 aromatic heterocycles. The first kappa shape index (κ1) is 18.9. The summed E-state index contributed by atoms with van der Waals surface area (Å²) in [6.45, 7) is 5.57. The first-order valence-corrected chi connectivity index (χ1v) is 12.1. The Hall–Kier alpha value is -0.470. The van der Waals surface area contributed by atoms with E-state index in [2.05, 4.69) is 23.9 Å². The van der Waals surface area contributed by atoms with E-state index in [9.17, 15) is 8.42 Å². The Labute approximate surface area is 162 Å². The molecule has 0 aliphatic carbocycles. The molecule has 4 rings (SSSR count). The normalized spacial score (nSPS) is 33.4. The fourth-order valence-electron chi connectivity index (χ4n) is 5.36. The highest BCUT2D eigenvalue weighted by molar-refractivity contribution is 7.91. The Bertz CT molecular complexity index is 746. The third-order valence-corrected chi connectivity index (χ3v) is 9.75. The summed E-state index contributed by atoms with van der Waals surface area (Å²) in [5.41, 5.74) is 0. The minimum absolute atomic E-state index is 0.446. The van der Waals surface area contributed by atoms with Crippen molar-refractivity contribution in [1.82, 2.24) is 14.1 Å². The van der Waals surface area contributed by atoms with E-state index in [-0.39, 0.29) is 0 Å². The molecule has 0 radical (unpaired) electrons. The number of aryl methyl sites for hydroxylation is 1. The van der Waals surface area contributed by atoms with Crippen LogP contribution in [0.1, 0.15) is 30.6 Å². The van der Waals surface area contributed by atoms with Crippen LogP contribution in [0.25, 0.3) is 0 Å². The average molecular weight is 398 g/mol. The van der Waals surface area contributed by atoms with Gasteiger partial charge in [-0.15, -0.1) is 11.3 Å². The van der Waals surface area contributed by atoms with E-state index >= 15 is 0 Å². The van der Waals surface area contributed by atoms with E-state index in [1.165, 1.54) is 43.6 Å². The first-order chi connectivity index (χ1) is 12.4. The molecular weight excluding hydrogens is 366 g/mol. The van der Waals surface area contributed by atoms with Gasteiger partial charge < -0.3 is 4.90 Å². The van der Waals surface area contributed by atoms with E-state index in [4.69, 9.17) is 0 Å². The smallest absolute Gasteiger partial charge is 0.252 e. The van der Waals surface area contributed by atoms with Gasteiger partial charge in [0.2, 0.25) is 0 Å². The van der Waals surface area contributed by atoms with E-state index in [1.54, 1.807) is 6.07 Å². The SMILES string of the molecule is Cc1ccc(S(=O)(=O)N2C[C@H]3C[C@@H](C2)[C@H](CN(C)C)N2CCCC[C@@H]32)s1. The molecule has 3 saturated heterocycles. The Morgan fingerprint density at radius 3 is 2.65 bits per heavy atom. The van der Waals surface area contributed by atoms with E-state index in [1.807, 2.05) is 17.3 Å². The summed E-state index contributed by atoms with van der Waals surface area (Å²) in [4.78, 5) is 6.07. The number of nitrogens with zero attached hydrogens (tertiary/aromatic N) is 3. The molecule has 2 bridgehead atoms. The molecule has 4 heterocycles. The predicted octanol–water partition coefficient (Wildman–Crippen LogP) is 2.48. The topological polar surface area (TPSA) is 43.9 Å². The number of hydrogen-bond donors (Lipinski definition) is 0. The maximum Gasteiger partial charge on any atom is 0.252 e. The molecule has 0 amide bonds. The third kappa shape index (κ3) is 3.37. The van der Waals surface area contributed by atoms with Gasteiger partial charge >= 0.3 is 0 Å². The zero-order valence-electron chi connectivity index (χ0n) is 16.1. The van der Waals surface area contributed by atoms with Crippen LogP contribution in [0.3, 0.4) is 0 Å². The quantitative estimate of drug-likeness (QED) is 0.783. The predicted molar refractivity (Wildman–Crippen MR) is 106 cm³/mol. The van der Waals surface area contributed by atoms with Gasteiger partial charge in [0, 0.05) is 36.6 Å². The lowest BCUT2D eigenvalue weighted by Crippen LogP contribution is -2.65. The van der Waals surface area contributed by atoms with Crippen molar-refractivity contribution in [3.8, 4) is 0 Å². The molecule has 0 spiro atoms. The van der Waals surface area contributed by atoms with Crippen molar-refractivity contribution in [3.63, 3.8) is 0 Å². The minimum Gasteiger partial charge on any atom is -0.308 e. The Balaban J connectivity index is 1.62. The second-order valence-electron chi connectivity index (χ2n) is 8.57. The number of piperidine rings is 3. The van der Waals surface area contributed by atoms with Crippen molar-refractivity contribution >= 4 is 21.4 Å². The molecule has 5 nitrogen and oxygen atoms in total. The summed E-state index contributed by atoms with van der Waals surface area (Å²) in [6.07, 6.45) is 4.99. The van der Waals surface area contributed by atoms with Gasteiger partial charge in [0.25, 0.3) is 10.0 Å². The van der Waals surface area contributed by atoms with Gasteiger partial charge in [-0.3, -0.25) is 4.90 Å². The van der Waals surface area contributed by atoms with Crippen molar-refractivity contribution in [2.24, 2.45) is 11.8 Å². The monoisotopic (exact) mass is 397 g/mol. The van der Waals surface area contributed by atoms with Crippen molar-refractivity contribution in [2.75, 3.05) is 40.3 Å². The maximum absolute atomic E-state index is 13.2. The number of rotatable bonds is 4. The molecule has 0 N–H and O–H groups in total. The fraction of sp³-hybridized carbons (Fsp3) is 0.789. The molecule has 0 unspecified atom stereocenters. The molecule has 3 aliphatic heterocycles. The molecule has 4 atom stereocenters. The van der Waals surface area contributed by atoms with Crippen LogP contribution >= 0.6 is 11.3 Å². The van der Waals surface area contributed by atoms with Crippen molar-refractivity contribution in [2.45, 2.75) is 48.9 Å². The van der Waals surface area contributed by atoms with Crippen molar-refractivity contribution in [1.29, 1.82) is 0 Å². The number of hydrogen-bond acceptors (Lipinski definition) is 5. The summed E-state index contributed by atoms with van der Waals surface area (Å²) in [7, 11) is 0.918. The van der Waals surface area contributed by atoms with Gasteiger partial charge in [0.05, 0.1) is 0 Å². The van der Waals surface area contributed by atoms with Crippen molar-refractivity contribution < 1.29 is 8.42 Å². The number of likely N-dealkylation sites (N-methyl/N-ethyl adjacent to an activating group) is 1. The lowest BCUT2D eigenvalue weighted by molar-refractivity contribution is -0.0618. The zero-order valence-corrected chi connectivity index (χ0v) is 17.7. The van der Waals surface area contributed by atoms with Crippen molar-refractivity contribution in [3.05, 3.63) is 17.0 Å². The van der Waals surface area contributed by atoms with Crippen LogP contribution in [-0.2, 0) is 10.0 Å². The van der Waals surface area contributed by atoms with Crippen LogP contribution in [0, 0.1) is 18.8 Å². The standard InChI is InChI=1S/C19H31N3O2S2/c1-14-7-8-19(25-14)26(23,24)21-11-15-10-16(12-21)18(13-20(2)3)22-9-5-4-6-17(15)22/h7-8,15-18H,4-6,9-13H2,1-3H3/t15-,16+,17+,18+/m1/s1. The minimum atomic E-state index is -3.35. The number of sulfonamides is 1. The molecule has 3 fully saturated rings.